The molecule has 0 radical (unpaired) electrons. The molecular formula is C26H26N4O4S. The lowest BCUT2D eigenvalue weighted by Gasteiger charge is -2.24. The Kier molecular flexibility index (Phi) is 7.67. The summed E-state index contributed by atoms with van der Waals surface area (Å²) in [5.41, 5.74) is 1.50. The number of sulfone groups is 1. The number of anilines is 2. The molecule has 0 aliphatic heterocycles. The smallest absolute Gasteiger partial charge is 0.235 e. The number of aromatic nitrogens is 1. The van der Waals surface area contributed by atoms with Crippen molar-refractivity contribution in [3.8, 4) is 6.07 Å². The Morgan fingerprint density at radius 1 is 1.00 bits per heavy atom. The second-order valence-corrected chi connectivity index (χ2v) is 10.7. The van der Waals surface area contributed by atoms with Gasteiger partial charge in [0.15, 0.2) is 9.84 Å². The van der Waals surface area contributed by atoms with Gasteiger partial charge in [0, 0.05) is 11.9 Å². The summed E-state index contributed by atoms with van der Waals surface area (Å²) in [5, 5.41) is 14.6. The fourth-order valence-electron chi connectivity index (χ4n) is 3.31. The molecule has 3 rings (SSSR count). The minimum atomic E-state index is -3.28. The second-order valence-electron chi connectivity index (χ2n) is 8.47. The van der Waals surface area contributed by atoms with Crippen LogP contribution < -0.4 is 10.6 Å². The molecule has 3 aromatic rings. The average Bonchev–Trinajstić information content (AvgIpc) is 2.84. The van der Waals surface area contributed by atoms with Gasteiger partial charge in [-0.25, -0.2) is 13.4 Å². The van der Waals surface area contributed by atoms with Crippen LogP contribution in [0.2, 0.25) is 0 Å². The number of rotatable bonds is 8. The maximum atomic E-state index is 12.9. The molecule has 1 aromatic heterocycles. The third kappa shape index (κ3) is 6.31. The van der Waals surface area contributed by atoms with E-state index in [4.69, 9.17) is 5.26 Å². The summed E-state index contributed by atoms with van der Waals surface area (Å²) in [6, 6.07) is 18.3. The van der Waals surface area contributed by atoms with Crippen molar-refractivity contribution < 1.29 is 18.0 Å². The Bertz CT molecular complexity index is 1370. The molecular weight excluding hydrogens is 464 g/mol. The predicted molar refractivity (Wildman–Crippen MR) is 134 cm³/mol. The van der Waals surface area contributed by atoms with E-state index in [0.29, 0.717) is 22.6 Å². The quantitative estimate of drug-likeness (QED) is 0.494. The lowest BCUT2D eigenvalue weighted by Crippen LogP contribution is -2.35. The van der Waals surface area contributed by atoms with E-state index in [0.717, 1.165) is 5.56 Å². The first-order valence-electron chi connectivity index (χ1n) is 10.9. The molecule has 0 spiro atoms. The topological polar surface area (TPSA) is 129 Å². The Balaban J connectivity index is 1.63. The van der Waals surface area contributed by atoms with Gasteiger partial charge in [-0.1, -0.05) is 31.2 Å². The van der Waals surface area contributed by atoms with E-state index in [1.165, 1.54) is 24.4 Å². The van der Waals surface area contributed by atoms with Crippen LogP contribution in [0.5, 0.6) is 0 Å². The Hall–Kier alpha value is -4.03. The Labute approximate surface area is 204 Å². The monoisotopic (exact) mass is 490 g/mol. The van der Waals surface area contributed by atoms with E-state index in [-0.39, 0.29) is 28.9 Å². The fourth-order valence-corrected chi connectivity index (χ4v) is 4.20. The molecule has 35 heavy (non-hydrogen) atoms. The van der Waals surface area contributed by atoms with Crippen molar-refractivity contribution in [3.05, 3.63) is 83.6 Å². The highest BCUT2D eigenvalue weighted by atomic mass is 32.2. The molecule has 2 N–H and O–H groups in total. The van der Waals surface area contributed by atoms with Gasteiger partial charge in [-0.15, -0.1) is 0 Å². The first-order valence-corrected chi connectivity index (χ1v) is 12.6. The van der Waals surface area contributed by atoms with Crippen molar-refractivity contribution in [2.24, 2.45) is 0 Å². The van der Waals surface area contributed by atoms with Gasteiger partial charge in [0.05, 0.1) is 34.1 Å². The molecule has 0 aliphatic carbocycles. The number of nitrogens with zero attached hydrogens (tertiary/aromatic N) is 2. The number of nitrogens with one attached hydrogen (secondary N) is 2. The molecule has 1 heterocycles. The van der Waals surface area contributed by atoms with Crippen LogP contribution in [0.15, 0.2) is 71.8 Å². The number of carbonyl (C=O) groups is 2. The van der Waals surface area contributed by atoms with E-state index < -0.39 is 15.3 Å². The Morgan fingerprint density at radius 3 is 2.26 bits per heavy atom. The SMILES string of the molecule is CCS(=O)(=O)c1ccc(CC(=O)Nc2ccc(C(C)(C)C(=O)Nc3cc(C#N)ccn3)cc2)cc1. The highest BCUT2D eigenvalue weighted by Crippen LogP contribution is 2.26. The summed E-state index contributed by atoms with van der Waals surface area (Å²) < 4.78 is 23.8. The largest absolute Gasteiger partial charge is 0.326 e. The fraction of sp³-hybridized carbons (Fsp3) is 0.231. The average molecular weight is 491 g/mol. The molecule has 0 atom stereocenters. The molecule has 0 aliphatic rings. The number of benzene rings is 2. The van der Waals surface area contributed by atoms with E-state index in [9.17, 15) is 18.0 Å². The van der Waals surface area contributed by atoms with Crippen molar-refractivity contribution in [2.75, 3.05) is 16.4 Å². The first-order chi connectivity index (χ1) is 16.5. The summed E-state index contributed by atoms with van der Waals surface area (Å²) in [7, 11) is -3.28. The maximum Gasteiger partial charge on any atom is 0.235 e. The molecule has 2 amide bonds. The summed E-state index contributed by atoms with van der Waals surface area (Å²) >= 11 is 0. The summed E-state index contributed by atoms with van der Waals surface area (Å²) in [6.07, 6.45) is 1.55. The minimum Gasteiger partial charge on any atom is -0.326 e. The number of carbonyl (C=O) groups excluding carboxylic acids is 2. The summed E-state index contributed by atoms with van der Waals surface area (Å²) in [4.78, 5) is 29.6. The normalized spacial score (nSPS) is 11.4. The molecule has 2 aromatic carbocycles. The highest BCUT2D eigenvalue weighted by Gasteiger charge is 2.30. The van der Waals surface area contributed by atoms with Crippen molar-refractivity contribution in [2.45, 2.75) is 37.5 Å². The molecule has 0 saturated carbocycles. The summed E-state index contributed by atoms with van der Waals surface area (Å²) in [6.45, 7) is 5.13. The van der Waals surface area contributed by atoms with Crippen LogP contribution in [0.3, 0.4) is 0 Å². The van der Waals surface area contributed by atoms with Crippen molar-refractivity contribution in [1.29, 1.82) is 5.26 Å². The van der Waals surface area contributed by atoms with E-state index in [1.54, 1.807) is 63.2 Å². The standard InChI is InChI=1S/C26H26N4O4S/c1-4-35(33,34)22-11-5-18(6-12-22)16-24(31)29-21-9-7-20(8-10-21)26(2,3)25(32)30-23-15-19(17-27)13-14-28-23/h5-15H,4,16H2,1-3H3,(H,29,31)(H,28,30,32). The number of hydrogen-bond donors (Lipinski definition) is 2. The van der Waals surface area contributed by atoms with Gasteiger partial charge < -0.3 is 10.6 Å². The number of nitriles is 1. The third-order valence-corrected chi connectivity index (χ3v) is 7.37. The zero-order chi connectivity index (χ0) is 25.6. The molecule has 0 unspecified atom stereocenters. The van der Waals surface area contributed by atoms with Gasteiger partial charge in [-0.3, -0.25) is 9.59 Å². The summed E-state index contributed by atoms with van der Waals surface area (Å²) in [5.74, 6) is -0.215. The second kappa shape index (κ2) is 10.5. The van der Waals surface area contributed by atoms with Crippen LogP contribution in [0.1, 0.15) is 37.5 Å². The molecule has 0 fully saturated rings. The zero-order valence-electron chi connectivity index (χ0n) is 19.7. The Morgan fingerprint density at radius 2 is 1.66 bits per heavy atom. The van der Waals surface area contributed by atoms with E-state index in [2.05, 4.69) is 15.6 Å². The van der Waals surface area contributed by atoms with Crippen LogP contribution in [-0.2, 0) is 31.3 Å². The van der Waals surface area contributed by atoms with Crippen LogP contribution >= 0.6 is 0 Å². The lowest BCUT2D eigenvalue weighted by molar-refractivity contribution is -0.120. The number of hydrogen-bond acceptors (Lipinski definition) is 6. The molecule has 0 saturated heterocycles. The van der Waals surface area contributed by atoms with Crippen molar-refractivity contribution in [3.63, 3.8) is 0 Å². The van der Waals surface area contributed by atoms with Gasteiger partial charge in [0.1, 0.15) is 5.82 Å². The van der Waals surface area contributed by atoms with Crippen LogP contribution in [0.25, 0.3) is 0 Å². The minimum absolute atomic E-state index is 0.0204. The molecule has 180 valence electrons. The van der Waals surface area contributed by atoms with Gasteiger partial charge in [-0.05, 0) is 61.4 Å². The lowest BCUT2D eigenvalue weighted by atomic mass is 9.83. The van der Waals surface area contributed by atoms with Crippen molar-refractivity contribution in [1.82, 2.24) is 4.98 Å². The van der Waals surface area contributed by atoms with Gasteiger partial charge in [0.25, 0.3) is 0 Å². The first kappa shape index (κ1) is 25.6. The third-order valence-electron chi connectivity index (χ3n) is 5.62. The molecule has 8 nitrogen and oxygen atoms in total. The van der Waals surface area contributed by atoms with Gasteiger partial charge in [0.2, 0.25) is 11.8 Å². The van der Waals surface area contributed by atoms with Crippen LogP contribution in [0.4, 0.5) is 11.5 Å². The van der Waals surface area contributed by atoms with E-state index >= 15 is 0 Å². The zero-order valence-corrected chi connectivity index (χ0v) is 20.5. The van der Waals surface area contributed by atoms with E-state index in [1.807, 2.05) is 6.07 Å². The molecule has 9 heteroatoms. The van der Waals surface area contributed by atoms with Gasteiger partial charge >= 0.3 is 0 Å². The van der Waals surface area contributed by atoms with Gasteiger partial charge in [-0.2, -0.15) is 5.26 Å². The van der Waals surface area contributed by atoms with Crippen molar-refractivity contribution >= 4 is 33.2 Å². The van der Waals surface area contributed by atoms with Crippen LogP contribution in [-0.4, -0.2) is 31.0 Å². The van der Waals surface area contributed by atoms with Crippen LogP contribution in [0, 0.1) is 11.3 Å². The number of pyridine rings is 1. The number of amides is 2. The maximum absolute atomic E-state index is 12.9. The predicted octanol–water partition coefficient (Wildman–Crippen LogP) is 3.84. The molecule has 0 bridgehead atoms. The highest BCUT2D eigenvalue weighted by molar-refractivity contribution is 7.91.